The highest BCUT2D eigenvalue weighted by Gasteiger charge is 2.38. The molecule has 0 saturated carbocycles. The van der Waals surface area contributed by atoms with Crippen LogP contribution in [0.15, 0.2) is 115 Å². The first-order valence-corrected chi connectivity index (χ1v) is 17.7. The van der Waals surface area contributed by atoms with Gasteiger partial charge in [-0.25, -0.2) is 14.6 Å². The van der Waals surface area contributed by atoms with Crippen LogP contribution in [0.25, 0.3) is 11.1 Å². The third kappa shape index (κ3) is 9.21. The van der Waals surface area contributed by atoms with Crippen LogP contribution in [0, 0.1) is 5.92 Å². The fraction of sp³-hybridized carbons (Fsp3) is 0.282. The molecule has 2 amide bonds. The van der Waals surface area contributed by atoms with Crippen LogP contribution >= 0.6 is 11.8 Å². The molecule has 2 heterocycles. The molecule has 0 unspecified atom stereocenters. The number of carbonyl (C=O) groups excluding carboxylic acids is 2. The number of aromatic amines is 1. The summed E-state index contributed by atoms with van der Waals surface area (Å²) in [5.41, 5.74) is 6.47. The average Bonchev–Trinajstić information content (AvgIpc) is 3.71. The number of aromatic nitrogens is 3. The molecule has 4 aromatic carbocycles. The van der Waals surface area contributed by atoms with Crippen LogP contribution < -0.4 is 10.6 Å². The number of nitrogens with one attached hydrogen (secondary N) is 3. The Labute approximate surface area is 301 Å². The van der Waals surface area contributed by atoms with Crippen LogP contribution in [-0.4, -0.2) is 57.3 Å². The predicted octanol–water partition coefficient (Wildman–Crippen LogP) is 6.13. The Kier molecular flexibility index (Phi) is 12.1. The quantitative estimate of drug-likeness (QED) is 0.0838. The molecule has 0 aliphatic carbocycles. The lowest BCUT2D eigenvalue weighted by atomic mass is 9.91. The van der Waals surface area contributed by atoms with Gasteiger partial charge in [-0.15, -0.1) is 0 Å². The number of nitrogens with zero attached hydrogens (tertiary/aromatic N) is 2. The van der Waals surface area contributed by atoms with Crippen molar-refractivity contribution in [1.82, 2.24) is 25.8 Å². The lowest BCUT2D eigenvalue weighted by Gasteiger charge is -2.41. The second-order valence-electron chi connectivity index (χ2n) is 12.3. The number of methoxy groups -OCH3 is 1. The average molecular weight is 708 g/mol. The summed E-state index contributed by atoms with van der Waals surface area (Å²) < 4.78 is 18.1. The Morgan fingerprint density at radius 2 is 1.65 bits per heavy atom. The number of thioether (sulfide) groups is 1. The number of hydrogen-bond acceptors (Lipinski definition) is 9. The van der Waals surface area contributed by atoms with E-state index in [0.29, 0.717) is 12.2 Å². The zero-order chi connectivity index (χ0) is 35.6. The van der Waals surface area contributed by atoms with Crippen LogP contribution in [-0.2, 0) is 38.6 Å². The maximum atomic E-state index is 13.0. The van der Waals surface area contributed by atoms with Crippen LogP contribution in [0.2, 0.25) is 0 Å². The number of benzene rings is 4. The molecule has 5 aromatic rings. The number of aliphatic hydroxyl groups is 1. The van der Waals surface area contributed by atoms with Crippen molar-refractivity contribution in [2.75, 3.05) is 12.9 Å². The number of ether oxygens (including phenoxy) is 3. The van der Waals surface area contributed by atoms with Crippen LogP contribution in [0.3, 0.4) is 0 Å². The summed E-state index contributed by atoms with van der Waals surface area (Å²) >= 11 is 1.55. The number of rotatable bonds is 13. The monoisotopic (exact) mass is 707 g/mol. The van der Waals surface area contributed by atoms with E-state index in [9.17, 15) is 14.7 Å². The summed E-state index contributed by atoms with van der Waals surface area (Å²) in [4.78, 5) is 29.6. The van der Waals surface area contributed by atoms with Crippen molar-refractivity contribution in [3.63, 3.8) is 0 Å². The van der Waals surface area contributed by atoms with E-state index < -0.39 is 24.3 Å². The first-order chi connectivity index (χ1) is 24.9. The van der Waals surface area contributed by atoms with Crippen molar-refractivity contribution in [3.8, 4) is 11.1 Å². The Morgan fingerprint density at radius 1 is 0.922 bits per heavy atom. The molecule has 5 atom stereocenters. The zero-order valence-electron chi connectivity index (χ0n) is 28.4. The van der Waals surface area contributed by atoms with Gasteiger partial charge < -0.3 is 30.0 Å². The van der Waals surface area contributed by atoms with Crippen molar-refractivity contribution >= 4 is 23.8 Å². The van der Waals surface area contributed by atoms with Gasteiger partial charge in [-0.1, -0.05) is 122 Å². The number of aliphatic hydroxyl groups excluding tert-OH is 1. The molecule has 12 heteroatoms. The molecule has 1 aliphatic rings. The molecule has 0 bridgehead atoms. The van der Waals surface area contributed by atoms with Crippen LogP contribution in [0.5, 0.6) is 0 Å². The first kappa shape index (κ1) is 35.8. The number of H-pyrrole nitrogens is 1. The summed E-state index contributed by atoms with van der Waals surface area (Å²) in [5, 5.41) is 22.8. The molecule has 1 fully saturated rings. The highest BCUT2D eigenvalue weighted by Crippen LogP contribution is 2.43. The maximum Gasteiger partial charge on any atom is 0.328 e. The molecular weight excluding hydrogens is 667 g/mol. The topological polar surface area (TPSA) is 148 Å². The molecule has 4 N–H and O–H groups in total. The van der Waals surface area contributed by atoms with E-state index in [1.807, 2.05) is 103 Å². The van der Waals surface area contributed by atoms with Crippen molar-refractivity contribution in [2.24, 2.45) is 5.92 Å². The SMILES string of the molecule is COC(=O)[C@H](Cc1ccccc1)NC(=O)NCc1ccccc1-c1ccc([C@@H]2O[C@H](CSc3ncn[nH]3)[C@H](C)[C@H](c3ccc(CO)cc3)O2)cc1. The highest BCUT2D eigenvalue weighted by molar-refractivity contribution is 7.99. The Morgan fingerprint density at radius 3 is 2.35 bits per heavy atom. The molecule has 51 heavy (non-hydrogen) atoms. The van der Waals surface area contributed by atoms with Gasteiger partial charge in [0.15, 0.2) is 11.4 Å². The molecule has 11 nitrogen and oxygen atoms in total. The second kappa shape index (κ2) is 17.3. The van der Waals surface area contributed by atoms with Crippen molar-refractivity contribution in [1.29, 1.82) is 0 Å². The minimum Gasteiger partial charge on any atom is -0.467 e. The van der Waals surface area contributed by atoms with Crippen LogP contribution in [0.4, 0.5) is 4.79 Å². The molecule has 1 saturated heterocycles. The third-order valence-electron chi connectivity index (χ3n) is 8.92. The summed E-state index contributed by atoms with van der Waals surface area (Å²) in [6.07, 6.45) is 0.807. The smallest absolute Gasteiger partial charge is 0.328 e. The molecule has 6 rings (SSSR count). The van der Waals surface area contributed by atoms with Gasteiger partial charge in [0.1, 0.15) is 12.4 Å². The number of hydrogen-bond donors (Lipinski definition) is 4. The molecule has 0 spiro atoms. The zero-order valence-corrected chi connectivity index (χ0v) is 29.2. The van der Waals surface area contributed by atoms with E-state index in [1.165, 1.54) is 13.4 Å². The fourth-order valence-corrected chi connectivity index (χ4v) is 7.02. The number of carbonyl (C=O) groups is 2. The highest BCUT2D eigenvalue weighted by atomic mass is 32.2. The first-order valence-electron chi connectivity index (χ1n) is 16.7. The van der Waals surface area contributed by atoms with Gasteiger partial charge >= 0.3 is 12.0 Å². The van der Waals surface area contributed by atoms with E-state index >= 15 is 0 Å². The van der Waals surface area contributed by atoms with Gasteiger partial charge in [0.05, 0.1) is 25.9 Å². The standard InChI is InChI=1S/C39H41N5O6S/c1-25-34(23-51-39-41-24-42-44-39)49-37(50-35(25)29-14-12-27(22-45)13-15-29)30-18-16-28(17-19-30)32-11-7-6-10-31(32)21-40-38(47)43-33(36(46)48-2)20-26-8-4-3-5-9-26/h3-19,24-25,33-35,37,45H,20-23H2,1-2H3,(H2,40,43,47)(H,41,42,44)/t25-,33-,34+,35+,37+/m0/s1. The minimum atomic E-state index is -0.827. The number of urea groups is 1. The largest absolute Gasteiger partial charge is 0.467 e. The Hall–Kier alpha value is -5.01. The van der Waals surface area contributed by atoms with Crippen molar-refractivity contribution in [3.05, 3.63) is 137 Å². The minimum absolute atomic E-state index is 0.0209. The van der Waals surface area contributed by atoms with Gasteiger partial charge in [0.2, 0.25) is 0 Å². The normalized spacial score (nSPS) is 19.2. The summed E-state index contributed by atoms with van der Waals surface area (Å²) in [6, 6.07) is 31.9. The lowest BCUT2D eigenvalue weighted by Crippen LogP contribution is -2.47. The lowest BCUT2D eigenvalue weighted by molar-refractivity contribution is -0.268. The van der Waals surface area contributed by atoms with Gasteiger partial charge in [-0.05, 0) is 33.4 Å². The summed E-state index contributed by atoms with van der Waals surface area (Å²) in [5.74, 6) is 0.176. The van der Waals surface area contributed by atoms with E-state index in [1.54, 1.807) is 11.8 Å². The van der Waals surface area contributed by atoms with E-state index in [2.05, 4.69) is 32.7 Å². The van der Waals surface area contributed by atoms with Crippen molar-refractivity contribution in [2.45, 2.75) is 56.2 Å². The van der Waals surface area contributed by atoms with E-state index in [-0.39, 0.29) is 31.3 Å². The van der Waals surface area contributed by atoms with Crippen molar-refractivity contribution < 1.29 is 28.9 Å². The second-order valence-corrected chi connectivity index (χ2v) is 13.3. The van der Waals surface area contributed by atoms with Crippen LogP contribution in [0.1, 0.15) is 47.1 Å². The summed E-state index contributed by atoms with van der Waals surface area (Å²) in [7, 11) is 1.31. The Balaban J connectivity index is 1.15. The molecule has 1 aliphatic heterocycles. The van der Waals surface area contributed by atoms with Gasteiger partial charge in [0.25, 0.3) is 0 Å². The predicted molar refractivity (Wildman–Crippen MR) is 193 cm³/mol. The number of esters is 1. The molecule has 0 radical (unpaired) electrons. The van der Waals surface area contributed by atoms with E-state index in [0.717, 1.165) is 44.1 Å². The van der Waals surface area contributed by atoms with E-state index in [4.69, 9.17) is 14.2 Å². The fourth-order valence-electron chi connectivity index (χ4n) is 6.08. The van der Waals surface area contributed by atoms with Gasteiger partial charge in [0, 0.05) is 30.2 Å². The maximum absolute atomic E-state index is 13.0. The molecule has 1 aromatic heterocycles. The number of amides is 2. The van der Waals surface area contributed by atoms with Gasteiger partial charge in [-0.2, -0.15) is 5.10 Å². The molecular formula is C39H41N5O6S. The Bertz CT molecular complexity index is 1860. The summed E-state index contributed by atoms with van der Waals surface area (Å²) in [6.45, 7) is 2.35. The third-order valence-corrected chi connectivity index (χ3v) is 9.89. The van der Waals surface area contributed by atoms with Gasteiger partial charge in [-0.3, -0.25) is 5.10 Å². The molecule has 264 valence electrons.